The lowest BCUT2D eigenvalue weighted by atomic mass is 9.87. The standard InChI is InChI=1S/C16H25N3O2/c20-13(18-8-1-2-15(11-18)3-4-15)14(21)19-9-6-16(12-19)5-7-17-10-16/h17H,1-12H2. The normalized spacial score (nSPS) is 33.9. The molecule has 21 heavy (non-hydrogen) atoms. The fourth-order valence-electron chi connectivity index (χ4n) is 4.49. The third kappa shape index (κ3) is 2.35. The van der Waals surface area contributed by atoms with E-state index in [1.54, 1.807) is 0 Å². The molecule has 0 aromatic rings. The lowest BCUT2D eigenvalue weighted by Gasteiger charge is -2.33. The fraction of sp³-hybridized carbons (Fsp3) is 0.875. The van der Waals surface area contributed by atoms with Crippen LogP contribution in [0.15, 0.2) is 0 Å². The Balaban J connectivity index is 1.39. The van der Waals surface area contributed by atoms with E-state index in [4.69, 9.17) is 0 Å². The second-order valence-electron chi connectivity index (χ2n) is 7.73. The highest BCUT2D eigenvalue weighted by Gasteiger charge is 2.48. The molecule has 4 fully saturated rings. The van der Waals surface area contributed by atoms with Gasteiger partial charge < -0.3 is 15.1 Å². The zero-order valence-corrected chi connectivity index (χ0v) is 12.7. The first-order valence-corrected chi connectivity index (χ1v) is 8.41. The van der Waals surface area contributed by atoms with E-state index in [2.05, 4.69) is 5.32 Å². The maximum atomic E-state index is 12.5. The van der Waals surface area contributed by atoms with Gasteiger partial charge in [-0.1, -0.05) is 0 Å². The smallest absolute Gasteiger partial charge is 0.312 e. The number of likely N-dealkylation sites (tertiary alicyclic amines) is 2. The van der Waals surface area contributed by atoms with Gasteiger partial charge in [0.15, 0.2) is 0 Å². The molecule has 116 valence electrons. The van der Waals surface area contributed by atoms with Gasteiger partial charge in [0.05, 0.1) is 0 Å². The van der Waals surface area contributed by atoms with E-state index in [-0.39, 0.29) is 17.2 Å². The average Bonchev–Trinajstić information content (AvgIpc) is 2.95. The van der Waals surface area contributed by atoms with Crippen LogP contribution in [0.1, 0.15) is 38.5 Å². The van der Waals surface area contributed by atoms with Crippen LogP contribution in [0, 0.1) is 10.8 Å². The second-order valence-corrected chi connectivity index (χ2v) is 7.73. The molecule has 3 heterocycles. The number of nitrogens with zero attached hydrogens (tertiary/aromatic N) is 2. The Hall–Kier alpha value is -1.10. The zero-order valence-electron chi connectivity index (χ0n) is 12.7. The topological polar surface area (TPSA) is 52.7 Å². The van der Waals surface area contributed by atoms with Crippen molar-refractivity contribution in [3.63, 3.8) is 0 Å². The van der Waals surface area contributed by atoms with Gasteiger partial charge in [0, 0.05) is 38.1 Å². The van der Waals surface area contributed by atoms with Gasteiger partial charge in [-0.3, -0.25) is 9.59 Å². The predicted molar refractivity (Wildman–Crippen MR) is 78.6 cm³/mol. The molecule has 5 heteroatoms. The molecule has 3 aliphatic heterocycles. The highest BCUT2D eigenvalue weighted by molar-refractivity contribution is 6.35. The third-order valence-electron chi connectivity index (χ3n) is 6.15. The van der Waals surface area contributed by atoms with Gasteiger partial charge in [0.25, 0.3) is 0 Å². The van der Waals surface area contributed by atoms with Crippen molar-refractivity contribution in [3.05, 3.63) is 0 Å². The molecule has 0 bridgehead atoms. The lowest BCUT2D eigenvalue weighted by Crippen LogP contribution is -2.49. The van der Waals surface area contributed by atoms with Gasteiger partial charge in [0.1, 0.15) is 0 Å². The summed E-state index contributed by atoms with van der Waals surface area (Å²) < 4.78 is 0. The van der Waals surface area contributed by atoms with Crippen molar-refractivity contribution >= 4 is 11.8 Å². The molecule has 1 unspecified atom stereocenters. The summed E-state index contributed by atoms with van der Waals surface area (Å²) in [7, 11) is 0. The van der Waals surface area contributed by atoms with Crippen LogP contribution in [-0.4, -0.2) is 60.9 Å². The van der Waals surface area contributed by atoms with Gasteiger partial charge in [-0.05, 0) is 50.5 Å². The predicted octanol–water partition coefficient (Wildman–Crippen LogP) is 0.601. The van der Waals surface area contributed by atoms with Crippen LogP contribution >= 0.6 is 0 Å². The summed E-state index contributed by atoms with van der Waals surface area (Å²) in [5, 5.41) is 3.39. The SMILES string of the molecule is O=C(C(=O)N1CCC2(CCNC2)C1)N1CCCC2(CC2)C1. The molecule has 5 nitrogen and oxygen atoms in total. The molecule has 3 saturated heterocycles. The van der Waals surface area contributed by atoms with Crippen molar-refractivity contribution in [2.24, 2.45) is 10.8 Å². The Morgan fingerprint density at radius 1 is 0.810 bits per heavy atom. The quantitative estimate of drug-likeness (QED) is 0.665. The summed E-state index contributed by atoms with van der Waals surface area (Å²) in [6.07, 6.45) is 6.96. The molecule has 1 aliphatic carbocycles. The van der Waals surface area contributed by atoms with Crippen LogP contribution in [0.25, 0.3) is 0 Å². The second kappa shape index (κ2) is 4.70. The van der Waals surface area contributed by atoms with Gasteiger partial charge in [-0.25, -0.2) is 0 Å². The number of rotatable bonds is 0. The summed E-state index contributed by atoms with van der Waals surface area (Å²) >= 11 is 0. The van der Waals surface area contributed by atoms with Gasteiger partial charge in [-0.2, -0.15) is 0 Å². The van der Waals surface area contributed by atoms with Crippen molar-refractivity contribution in [1.82, 2.24) is 15.1 Å². The molecule has 1 N–H and O–H groups in total. The number of hydrogen-bond donors (Lipinski definition) is 1. The summed E-state index contributed by atoms with van der Waals surface area (Å²) in [6, 6.07) is 0. The number of nitrogens with one attached hydrogen (secondary N) is 1. The van der Waals surface area contributed by atoms with Crippen molar-refractivity contribution < 1.29 is 9.59 Å². The first-order chi connectivity index (χ1) is 10.1. The minimum Gasteiger partial charge on any atom is -0.334 e. The molecule has 4 rings (SSSR count). The number of amides is 2. The highest BCUT2D eigenvalue weighted by Crippen LogP contribution is 2.52. The van der Waals surface area contributed by atoms with E-state index in [1.165, 1.54) is 19.3 Å². The highest BCUT2D eigenvalue weighted by atomic mass is 16.2. The van der Waals surface area contributed by atoms with Crippen molar-refractivity contribution in [1.29, 1.82) is 0 Å². The molecule has 0 radical (unpaired) electrons. The molecule has 2 spiro atoms. The molecular formula is C16H25N3O2. The Morgan fingerprint density at radius 3 is 2.19 bits per heavy atom. The molecular weight excluding hydrogens is 266 g/mol. The lowest BCUT2D eigenvalue weighted by molar-refractivity contribution is -0.152. The summed E-state index contributed by atoms with van der Waals surface area (Å²) in [5.74, 6) is -0.500. The number of carbonyl (C=O) groups is 2. The van der Waals surface area contributed by atoms with Gasteiger partial charge in [-0.15, -0.1) is 0 Å². The molecule has 0 aromatic carbocycles. The van der Waals surface area contributed by atoms with Crippen LogP contribution in [0.2, 0.25) is 0 Å². The minimum atomic E-state index is -0.253. The summed E-state index contributed by atoms with van der Waals surface area (Å²) in [4.78, 5) is 28.7. The van der Waals surface area contributed by atoms with E-state index in [0.29, 0.717) is 5.41 Å². The van der Waals surface area contributed by atoms with Crippen LogP contribution in [-0.2, 0) is 9.59 Å². The summed E-state index contributed by atoms with van der Waals surface area (Å²) in [5.41, 5.74) is 0.630. The number of carbonyl (C=O) groups excluding carboxylic acids is 2. The van der Waals surface area contributed by atoms with E-state index in [1.807, 2.05) is 9.80 Å². The number of hydrogen-bond acceptors (Lipinski definition) is 3. The summed E-state index contributed by atoms with van der Waals surface area (Å²) in [6.45, 7) is 5.15. The largest absolute Gasteiger partial charge is 0.334 e. The van der Waals surface area contributed by atoms with Crippen molar-refractivity contribution in [2.45, 2.75) is 38.5 Å². The monoisotopic (exact) mass is 291 g/mol. The van der Waals surface area contributed by atoms with Crippen LogP contribution in [0.4, 0.5) is 0 Å². The molecule has 0 aromatic heterocycles. The average molecular weight is 291 g/mol. The van der Waals surface area contributed by atoms with Crippen LogP contribution < -0.4 is 5.32 Å². The van der Waals surface area contributed by atoms with Crippen LogP contribution in [0.3, 0.4) is 0 Å². The maximum absolute atomic E-state index is 12.5. The first kappa shape index (κ1) is 13.6. The van der Waals surface area contributed by atoms with Crippen molar-refractivity contribution in [2.75, 3.05) is 39.3 Å². The zero-order chi connectivity index (χ0) is 14.5. The van der Waals surface area contributed by atoms with Gasteiger partial charge in [0.2, 0.25) is 0 Å². The van der Waals surface area contributed by atoms with E-state index < -0.39 is 0 Å². The number of piperidine rings is 1. The molecule has 2 amide bonds. The molecule has 1 atom stereocenters. The molecule has 4 aliphatic rings. The van der Waals surface area contributed by atoms with Crippen molar-refractivity contribution in [3.8, 4) is 0 Å². The maximum Gasteiger partial charge on any atom is 0.312 e. The van der Waals surface area contributed by atoms with E-state index >= 15 is 0 Å². The third-order valence-corrected chi connectivity index (χ3v) is 6.15. The Labute approximate surface area is 126 Å². The first-order valence-electron chi connectivity index (χ1n) is 8.41. The van der Waals surface area contributed by atoms with E-state index in [9.17, 15) is 9.59 Å². The Morgan fingerprint density at radius 2 is 1.52 bits per heavy atom. The Bertz CT molecular complexity index is 466. The fourth-order valence-corrected chi connectivity index (χ4v) is 4.49. The van der Waals surface area contributed by atoms with E-state index in [0.717, 1.165) is 58.5 Å². The minimum absolute atomic E-state index is 0.246. The molecule has 1 saturated carbocycles. The Kier molecular flexibility index (Phi) is 3.03. The van der Waals surface area contributed by atoms with Gasteiger partial charge >= 0.3 is 11.8 Å². The van der Waals surface area contributed by atoms with Crippen LogP contribution in [0.5, 0.6) is 0 Å².